The lowest BCUT2D eigenvalue weighted by Gasteiger charge is -2.08. The predicted molar refractivity (Wildman–Crippen MR) is 90.5 cm³/mol. The second-order valence-corrected chi connectivity index (χ2v) is 5.92. The Morgan fingerprint density at radius 1 is 1.38 bits per heavy atom. The lowest BCUT2D eigenvalue weighted by atomic mass is 10.2. The van der Waals surface area contributed by atoms with E-state index < -0.39 is 0 Å². The van der Waals surface area contributed by atoms with Crippen molar-refractivity contribution in [1.82, 2.24) is 9.78 Å². The summed E-state index contributed by atoms with van der Waals surface area (Å²) in [6, 6.07) is 9.92. The first kappa shape index (κ1) is 16.7. The highest BCUT2D eigenvalue weighted by molar-refractivity contribution is 5.90. The number of nitrogens with one attached hydrogen (secondary N) is 1. The van der Waals surface area contributed by atoms with Crippen LogP contribution in [0.3, 0.4) is 0 Å². The summed E-state index contributed by atoms with van der Waals surface area (Å²) in [4.78, 5) is 11.9. The topological polar surface area (TPSA) is 65.4 Å². The molecule has 1 aromatic carbocycles. The third-order valence-corrected chi connectivity index (χ3v) is 3.92. The van der Waals surface area contributed by atoms with E-state index in [4.69, 9.17) is 9.47 Å². The molecule has 1 fully saturated rings. The minimum atomic E-state index is -0.0697. The zero-order valence-electron chi connectivity index (χ0n) is 13.7. The number of hydrogen-bond donors (Lipinski definition) is 1. The van der Waals surface area contributed by atoms with E-state index in [1.54, 1.807) is 6.20 Å². The first-order valence-corrected chi connectivity index (χ1v) is 8.35. The van der Waals surface area contributed by atoms with Crippen LogP contribution in [0.1, 0.15) is 24.8 Å². The number of aromatic nitrogens is 2. The van der Waals surface area contributed by atoms with Crippen molar-refractivity contribution in [2.75, 3.05) is 18.5 Å². The van der Waals surface area contributed by atoms with Gasteiger partial charge in [0.05, 0.1) is 44.2 Å². The van der Waals surface area contributed by atoms with Gasteiger partial charge in [0.1, 0.15) is 0 Å². The van der Waals surface area contributed by atoms with Gasteiger partial charge in [0.15, 0.2) is 0 Å². The molecule has 1 saturated heterocycles. The molecule has 1 aliphatic heterocycles. The van der Waals surface area contributed by atoms with Crippen LogP contribution in [0.2, 0.25) is 0 Å². The number of benzene rings is 1. The van der Waals surface area contributed by atoms with Gasteiger partial charge in [-0.15, -0.1) is 0 Å². The predicted octanol–water partition coefficient (Wildman–Crippen LogP) is 2.61. The minimum Gasteiger partial charge on any atom is -0.376 e. The number of hydrogen-bond acceptors (Lipinski definition) is 4. The minimum absolute atomic E-state index is 0.0697. The molecular formula is C18H23N3O3. The van der Waals surface area contributed by atoms with Crippen molar-refractivity contribution in [2.24, 2.45) is 0 Å². The molecule has 1 aromatic heterocycles. The van der Waals surface area contributed by atoms with Gasteiger partial charge >= 0.3 is 0 Å². The smallest absolute Gasteiger partial charge is 0.226 e. The van der Waals surface area contributed by atoms with E-state index in [0.29, 0.717) is 25.3 Å². The Morgan fingerprint density at radius 3 is 3.04 bits per heavy atom. The Bertz CT molecular complexity index is 636. The normalized spacial score (nSPS) is 17.1. The zero-order chi connectivity index (χ0) is 16.6. The Morgan fingerprint density at radius 2 is 2.25 bits per heavy atom. The van der Waals surface area contributed by atoms with Crippen molar-refractivity contribution in [3.8, 4) is 0 Å². The van der Waals surface area contributed by atoms with Crippen LogP contribution in [0, 0.1) is 0 Å². The Labute approximate surface area is 141 Å². The summed E-state index contributed by atoms with van der Waals surface area (Å²) in [6.45, 7) is 2.48. The number of carbonyl (C=O) groups excluding carboxylic acids is 1. The fraction of sp³-hybridized carbons (Fsp3) is 0.444. The van der Waals surface area contributed by atoms with Gasteiger partial charge in [0.2, 0.25) is 5.91 Å². The third-order valence-electron chi connectivity index (χ3n) is 3.92. The lowest BCUT2D eigenvalue weighted by molar-refractivity contribution is -0.117. The summed E-state index contributed by atoms with van der Waals surface area (Å²) in [5.74, 6) is -0.0697. The average molecular weight is 329 g/mol. The Hall–Kier alpha value is -2.18. The van der Waals surface area contributed by atoms with Crippen LogP contribution in [-0.4, -0.2) is 35.0 Å². The highest BCUT2D eigenvalue weighted by Gasteiger charge is 2.16. The van der Waals surface area contributed by atoms with Crippen molar-refractivity contribution in [2.45, 2.75) is 38.5 Å². The summed E-state index contributed by atoms with van der Waals surface area (Å²) in [5, 5.41) is 7.10. The van der Waals surface area contributed by atoms with E-state index >= 15 is 0 Å². The van der Waals surface area contributed by atoms with Crippen LogP contribution in [0.15, 0.2) is 42.7 Å². The maximum absolute atomic E-state index is 11.9. The molecule has 1 amide bonds. The molecule has 0 saturated carbocycles. The van der Waals surface area contributed by atoms with Gasteiger partial charge in [-0.1, -0.05) is 30.3 Å². The second kappa shape index (κ2) is 8.61. The quantitative estimate of drug-likeness (QED) is 0.756. The van der Waals surface area contributed by atoms with Crippen LogP contribution < -0.4 is 5.32 Å². The summed E-state index contributed by atoms with van der Waals surface area (Å²) in [6.07, 6.45) is 6.24. The molecule has 0 aliphatic carbocycles. The van der Waals surface area contributed by atoms with Crippen LogP contribution in [0.5, 0.6) is 0 Å². The molecule has 2 aromatic rings. The van der Waals surface area contributed by atoms with E-state index in [2.05, 4.69) is 10.4 Å². The van der Waals surface area contributed by atoms with Crippen molar-refractivity contribution >= 4 is 11.6 Å². The largest absolute Gasteiger partial charge is 0.376 e. The maximum Gasteiger partial charge on any atom is 0.226 e. The second-order valence-electron chi connectivity index (χ2n) is 5.92. The Kier molecular flexibility index (Phi) is 5.98. The fourth-order valence-corrected chi connectivity index (χ4v) is 2.68. The number of nitrogens with zero attached hydrogens (tertiary/aromatic N) is 2. The summed E-state index contributed by atoms with van der Waals surface area (Å²) in [7, 11) is 0. The monoisotopic (exact) mass is 329 g/mol. The summed E-state index contributed by atoms with van der Waals surface area (Å²) in [5.41, 5.74) is 1.81. The first-order chi connectivity index (χ1) is 11.8. The van der Waals surface area contributed by atoms with Gasteiger partial charge in [-0.25, -0.2) is 0 Å². The molecule has 1 N–H and O–H groups in total. The van der Waals surface area contributed by atoms with E-state index in [-0.39, 0.29) is 12.0 Å². The molecule has 1 aliphatic rings. The number of anilines is 1. The van der Waals surface area contributed by atoms with Crippen molar-refractivity contribution in [3.05, 3.63) is 48.3 Å². The molecule has 6 heteroatoms. The lowest BCUT2D eigenvalue weighted by Crippen LogP contribution is -2.15. The van der Waals surface area contributed by atoms with Crippen LogP contribution >= 0.6 is 0 Å². The van der Waals surface area contributed by atoms with Crippen LogP contribution in [-0.2, 0) is 27.4 Å². The van der Waals surface area contributed by atoms with Crippen LogP contribution in [0.4, 0.5) is 5.69 Å². The molecule has 6 nitrogen and oxygen atoms in total. The molecular weight excluding hydrogens is 306 g/mol. The average Bonchev–Trinajstić information content (AvgIpc) is 3.25. The fourth-order valence-electron chi connectivity index (χ4n) is 2.68. The maximum atomic E-state index is 11.9. The molecule has 2 heterocycles. The Balaban J connectivity index is 1.35. The van der Waals surface area contributed by atoms with Crippen molar-refractivity contribution < 1.29 is 14.3 Å². The number of ether oxygens (including phenoxy) is 2. The van der Waals surface area contributed by atoms with Crippen LogP contribution in [0.25, 0.3) is 0 Å². The number of rotatable bonds is 8. The van der Waals surface area contributed by atoms with E-state index in [1.165, 1.54) is 0 Å². The molecule has 24 heavy (non-hydrogen) atoms. The molecule has 0 unspecified atom stereocenters. The molecule has 0 spiro atoms. The number of amides is 1. The van der Waals surface area contributed by atoms with Crippen molar-refractivity contribution in [3.63, 3.8) is 0 Å². The molecule has 0 bridgehead atoms. The van der Waals surface area contributed by atoms with E-state index in [1.807, 2.05) is 41.2 Å². The first-order valence-electron chi connectivity index (χ1n) is 8.35. The summed E-state index contributed by atoms with van der Waals surface area (Å²) >= 11 is 0. The summed E-state index contributed by atoms with van der Waals surface area (Å²) < 4.78 is 12.9. The number of carbonyl (C=O) groups is 1. The van der Waals surface area contributed by atoms with Gasteiger partial charge in [-0.3, -0.25) is 9.48 Å². The highest BCUT2D eigenvalue weighted by Crippen LogP contribution is 2.15. The standard InChI is InChI=1S/C18H23N3O3/c22-18(8-10-23-14-15-5-2-1-3-6-15)20-16-11-19-21(12-16)13-17-7-4-9-24-17/h1-3,5-6,11-12,17H,4,7-10,13-14H2,(H,20,22)/t17-/m0/s1. The van der Waals surface area contributed by atoms with Gasteiger partial charge in [0, 0.05) is 12.8 Å². The van der Waals surface area contributed by atoms with Gasteiger partial charge in [-0.05, 0) is 18.4 Å². The van der Waals surface area contributed by atoms with Gasteiger partial charge < -0.3 is 14.8 Å². The SMILES string of the molecule is O=C(CCOCc1ccccc1)Nc1cnn(C[C@@H]2CCCO2)c1. The van der Waals surface area contributed by atoms with E-state index in [9.17, 15) is 4.79 Å². The molecule has 128 valence electrons. The van der Waals surface area contributed by atoms with E-state index in [0.717, 1.165) is 31.6 Å². The highest BCUT2D eigenvalue weighted by atomic mass is 16.5. The molecule has 3 rings (SSSR count). The molecule has 0 radical (unpaired) electrons. The van der Waals surface area contributed by atoms with Gasteiger partial charge in [0.25, 0.3) is 0 Å². The van der Waals surface area contributed by atoms with Crippen molar-refractivity contribution in [1.29, 1.82) is 0 Å². The zero-order valence-corrected chi connectivity index (χ0v) is 13.7. The van der Waals surface area contributed by atoms with Gasteiger partial charge in [-0.2, -0.15) is 5.10 Å². The molecule has 1 atom stereocenters. The third kappa shape index (κ3) is 5.18.